The lowest BCUT2D eigenvalue weighted by Gasteiger charge is -2.31. The number of halogens is 2. The molecule has 0 saturated carbocycles. The molecule has 0 aliphatic carbocycles. The Morgan fingerprint density at radius 3 is 2.62 bits per heavy atom. The van der Waals surface area contributed by atoms with Crippen molar-refractivity contribution < 1.29 is 17.9 Å². The Morgan fingerprint density at radius 2 is 1.84 bits per heavy atom. The summed E-state index contributed by atoms with van der Waals surface area (Å²) in [6.07, 6.45) is 3.80. The van der Waals surface area contributed by atoms with Crippen LogP contribution in [0.15, 0.2) is 77.7 Å². The smallest absolute Gasteiger partial charge is 0.263 e. The Labute approximate surface area is 197 Å². The molecule has 1 N–H and O–H groups in total. The van der Waals surface area contributed by atoms with Crippen LogP contribution in [0.25, 0.3) is 6.08 Å². The highest BCUT2D eigenvalue weighted by atomic mass is 35.5. The highest BCUT2D eigenvalue weighted by molar-refractivity contribution is 7.92. The average molecular weight is 490 g/mol. The molecule has 1 unspecified atom stereocenters. The quantitative estimate of drug-likeness (QED) is 0.430. The van der Waals surface area contributed by atoms with Crippen molar-refractivity contribution in [3.05, 3.63) is 94.0 Å². The van der Waals surface area contributed by atoms with Gasteiger partial charge in [0, 0.05) is 16.3 Å². The van der Waals surface area contributed by atoms with E-state index in [1.54, 1.807) is 30.3 Å². The van der Waals surface area contributed by atoms with Gasteiger partial charge in [0.15, 0.2) is 0 Å². The zero-order valence-electron chi connectivity index (χ0n) is 17.2. The van der Waals surface area contributed by atoms with Gasteiger partial charge in [-0.25, -0.2) is 8.42 Å². The molecule has 0 amide bonds. The first-order valence-electron chi connectivity index (χ1n) is 9.86. The summed E-state index contributed by atoms with van der Waals surface area (Å²) in [6, 6.07) is 18.9. The Kier molecular flexibility index (Phi) is 6.49. The molecule has 3 aromatic rings. The van der Waals surface area contributed by atoms with Gasteiger partial charge in [0.25, 0.3) is 10.0 Å². The van der Waals surface area contributed by atoms with E-state index in [2.05, 4.69) is 4.72 Å². The van der Waals surface area contributed by atoms with E-state index in [1.165, 1.54) is 12.1 Å². The van der Waals surface area contributed by atoms with Gasteiger partial charge >= 0.3 is 0 Å². The van der Waals surface area contributed by atoms with Crippen molar-refractivity contribution in [1.82, 2.24) is 0 Å². The largest absolute Gasteiger partial charge is 0.480 e. The molecule has 1 atom stereocenters. The van der Waals surface area contributed by atoms with Crippen LogP contribution in [0.4, 0.5) is 5.69 Å². The minimum absolute atomic E-state index is 0.0237. The summed E-state index contributed by atoms with van der Waals surface area (Å²) in [7, 11) is -3.81. The van der Waals surface area contributed by atoms with E-state index in [-0.39, 0.29) is 9.92 Å². The van der Waals surface area contributed by atoms with Crippen LogP contribution in [-0.4, -0.2) is 20.6 Å². The second kappa shape index (κ2) is 9.16. The zero-order valence-corrected chi connectivity index (χ0v) is 19.5. The third-order valence-corrected chi connectivity index (χ3v) is 7.01. The molecule has 0 saturated heterocycles. The van der Waals surface area contributed by atoms with Crippen molar-refractivity contribution in [2.24, 2.45) is 0 Å². The Balaban J connectivity index is 1.43. The fourth-order valence-electron chi connectivity index (χ4n) is 3.34. The molecule has 0 aromatic heterocycles. The van der Waals surface area contributed by atoms with E-state index in [9.17, 15) is 8.42 Å². The molecular formula is C24H21Cl2NO4S. The second-order valence-electron chi connectivity index (χ2n) is 7.66. The maximum atomic E-state index is 12.7. The molecule has 5 nitrogen and oxygen atoms in total. The van der Waals surface area contributed by atoms with Gasteiger partial charge in [-0.15, -0.1) is 0 Å². The van der Waals surface area contributed by atoms with Crippen molar-refractivity contribution in [2.75, 3.05) is 11.3 Å². The Hall–Kier alpha value is -2.51. The summed E-state index contributed by atoms with van der Waals surface area (Å²) in [5.74, 6) is 0.641. The number of rotatable bonds is 7. The number of sulfonamides is 1. The van der Waals surface area contributed by atoms with Gasteiger partial charge in [0.05, 0.1) is 18.2 Å². The molecule has 4 rings (SSSR count). The molecule has 3 aromatic carbocycles. The van der Waals surface area contributed by atoms with Crippen LogP contribution in [0, 0.1) is 0 Å². The minimum Gasteiger partial charge on any atom is -0.480 e. The lowest BCUT2D eigenvalue weighted by atomic mass is 10.0. The molecule has 1 aliphatic heterocycles. The molecular weight excluding hydrogens is 469 g/mol. The maximum Gasteiger partial charge on any atom is 0.263 e. The lowest BCUT2D eigenvalue weighted by Crippen LogP contribution is -2.37. The third kappa shape index (κ3) is 5.27. The van der Waals surface area contributed by atoms with Crippen LogP contribution in [0.3, 0.4) is 0 Å². The molecule has 0 radical (unpaired) electrons. The summed E-state index contributed by atoms with van der Waals surface area (Å²) in [5, 5.41) is 0.829. The van der Waals surface area contributed by atoms with Gasteiger partial charge in [-0.1, -0.05) is 53.5 Å². The number of fused-ring (bicyclic) bond motifs is 1. The predicted octanol–water partition coefficient (Wildman–Crippen LogP) is 6.18. The summed E-state index contributed by atoms with van der Waals surface area (Å²) in [5.41, 5.74) is 1.51. The number of hydrogen-bond donors (Lipinski definition) is 1. The molecule has 1 aliphatic rings. The lowest BCUT2D eigenvalue weighted by molar-refractivity contribution is 0.00632. The van der Waals surface area contributed by atoms with E-state index in [4.69, 9.17) is 32.7 Å². The Bertz CT molecular complexity index is 1280. The van der Waals surface area contributed by atoms with Crippen molar-refractivity contribution in [2.45, 2.75) is 24.0 Å². The van der Waals surface area contributed by atoms with Crippen LogP contribution in [0.1, 0.15) is 18.1 Å². The van der Waals surface area contributed by atoms with Gasteiger partial charge in [-0.05, 0) is 61.0 Å². The number of nitrogens with one attached hydrogen (secondary N) is 1. The minimum atomic E-state index is -3.81. The normalized spacial score (nSPS) is 17.5. The molecule has 166 valence electrons. The van der Waals surface area contributed by atoms with Crippen molar-refractivity contribution in [3.63, 3.8) is 0 Å². The first-order valence-corrected chi connectivity index (χ1v) is 12.1. The standard InChI is InChI=1S/C24H21Cl2NO4S/c1-24(16-30-15-17-5-4-6-19(25)13-17)12-11-18-14-20(9-10-22(18)31-24)27-32(28,29)23-8-3-2-7-21(23)26/h2-14,27H,15-16H2,1H3. The van der Waals surface area contributed by atoms with Crippen molar-refractivity contribution in [1.29, 1.82) is 0 Å². The highest BCUT2D eigenvalue weighted by Gasteiger charge is 2.28. The van der Waals surface area contributed by atoms with Crippen LogP contribution in [0.2, 0.25) is 10.0 Å². The van der Waals surface area contributed by atoms with Gasteiger partial charge in [-0.3, -0.25) is 4.72 Å². The maximum absolute atomic E-state index is 12.7. The molecule has 1 heterocycles. The first-order chi connectivity index (χ1) is 15.2. The highest BCUT2D eigenvalue weighted by Crippen LogP contribution is 2.34. The predicted molar refractivity (Wildman–Crippen MR) is 128 cm³/mol. The van der Waals surface area contributed by atoms with E-state index in [0.717, 1.165) is 11.1 Å². The van der Waals surface area contributed by atoms with Crippen LogP contribution in [-0.2, 0) is 21.4 Å². The average Bonchev–Trinajstić information content (AvgIpc) is 2.74. The van der Waals surface area contributed by atoms with E-state index >= 15 is 0 Å². The SMILES string of the molecule is CC1(COCc2cccc(Cl)c2)C=Cc2cc(NS(=O)(=O)c3ccccc3Cl)ccc2O1. The molecule has 0 bridgehead atoms. The van der Waals surface area contributed by atoms with E-state index in [1.807, 2.05) is 43.3 Å². The van der Waals surface area contributed by atoms with E-state index in [0.29, 0.717) is 29.7 Å². The molecule has 0 spiro atoms. The third-order valence-electron chi connectivity index (χ3n) is 4.89. The first kappa shape index (κ1) is 22.7. The number of ether oxygens (including phenoxy) is 2. The fraction of sp³-hybridized carbons (Fsp3) is 0.167. The van der Waals surface area contributed by atoms with Crippen molar-refractivity contribution >= 4 is 45.0 Å². The van der Waals surface area contributed by atoms with Crippen LogP contribution < -0.4 is 9.46 Å². The van der Waals surface area contributed by atoms with Crippen LogP contribution in [0.5, 0.6) is 5.75 Å². The fourth-order valence-corrected chi connectivity index (χ4v) is 5.12. The molecule has 32 heavy (non-hydrogen) atoms. The second-order valence-corrected chi connectivity index (χ2v) is 10.2. The summed E-state index contributed by atoms with van der Waals surface area (Å²) >= 11 is 12.1. The molecule has 8 heteroatoms. The van der Waals surface area contributed by atoms with Gasteiger partial charge < -0.3 is 9.47 Å². The molecule has 0 fully saturated rings. The van der Waals surface area contributed by atoms with Crippen molar-refractivity contribution in [3.8, 4) is 5.75 Å². The van der Waals surface area contributed by atoms with Gasteiger partial charge in [0.1, 0.15) is 16.2 Å². The summed E-state index contributed by atoms with van der Waals surface area (Å²) < 4.78 is 39.9. The number of anilines is 1. The Morgan fingerprint density at radius 1 is 1.03 bits per heavy atom. The number of benzene rings is 3. The van der Waals surface area contributed by atoms with E-state index < -0.39 is 15.6 Å². The van der Waals surface area contributed by atoms with Gasteiger partial charge in [0.2, 0.25) is 0 Å². The summed E-state index contributed by atoms with van der Waals surface area (Å²) in [4.78, 5) is 0.0237. The summed E-state index contributed by atoms with van der Waals surface area (Å²) in [6.45, 7) is 2.69. The van der Waals surface area contributed by atoms with Gasteiger partial charge in [-0.2, -0.15) is 0 Å². The van der Waals surface area contributed by atoms with Crippen LogP contribution >= 0.6 is 23.2 Å². The monoisotopic (exact) mass is 489 g/mol. The zero-order chi connectivity index (χ0) is 22.8. The topological polar surface area (TPSA) is 64.6 Å². The number of hydrogen-bond acceptors (Lipinski definition) is 4.